The lowest BCUT2D eigenvalue weighted by Crippen LogP contribution is -2.05. The number of hydrogen-bond donors (Lipinski definition) is 1. The van der Waals surface area contributed by atoms with Crippen molar-refractivity contribution in [3.8, 4) is 0 Å². The molecule has 2 heteroatoms. The highest BCUT2D eigenvalue weighted by molar-refractivity contribution is 6.49. The van der Waals surface area contributed by atoms with Gasteiger partial charge < -0.3 is 0 Å². The number of aliphatic imine (C=N–C) groups is 1. The summed E-state index contributed by atoms with van der Waals surface area (Å²) >= 11 is 0. The Morgan fingerprint density at radius 2 is 2.10 bits per heavy atom. The number of nitrogens with one attached hydrogen (secondary N) is 1. The van der Waals surface area contributed by atoms with Gasteiger partial charge in [-0.1, -0.05) is 12.2 Å². The summed E-state index contributed by atoms with van der Waals surface area (Å²) in [5.41, 5.74) is 1.25. The van der Waals surface area contributed by atoms with Gasteiger partial charge in [0.25, 0.3) is 0 Å². The predicted octanol–water partition coefficient (Wildman–Crippen LogP) is 1.59. The van der Waals surface area contributed by atoms with Gasteiger partial charge in [0.15, 0.2) is 0 Å². The van der Waals surface area contributed by atoms with E-state index < -0.39 is 0 Å². The third-order valence-corrected chi connectivity index (χ3v) is 1.35. The van der Waals surface area contributed by atoms with Gasteiger partial charge in [-0.2, -0.15) is 0 Å². The Hall–Kier alpha value is -1.18. The third-order valence-electron chi connectivity index (χ3n) is 1.35. The lowest BCUT2D eigenvalue weighted by molar-refractivity contribution is 1.41. The van der Waals surface area contributed by atoms with E-state index in [4.69, 9.17) is 5.41 Å². The maximum atomic E-state index is 7.42. The van der Waals surface area contributed by atoms with Crippen LogP contribution in [0.15, 0.2) is 29.3 Å². The number of hydrogen-bond acceptors (Lipinski definition) is 2. The Morgan fingerprint density at radius 1 is 1.40 bits per heavy atom. The van der Waals surface area contributed by atoms with Crippen LogP contribution >= 0.6 is 0 Å². The fraction of sp³-hybridized carbons (Fsp3) is 0.250. The summed E-state index contributed by atoms with van der Waals surface area (Å²) in [7, 11) is 1.70. The summed E-state index contributed by atoms with van der Waals surface area (Å²) in [5.74, 6) is 0. The van der Waals surface area contributed by atoms with Crippen LogP contribution in [0, 0.1) is 5.41 Å². The van der Waals surface area contributed by atoms with Crippen LogP contribution in [0.25, 0.3) is 0 Å². The molecule has 1 N–H and O–H groups in total. The monoisotopic (exact) mass is 134 g/mol. The van der Waals surface area contributed by atoms with Gasteiger partial charge in [0.2, 0.25) is 0 Å². The van der Waals surface area contributed by atoms with Crippen LogP contribution in [-0.2, 0) is 0 Å². The lowest BCUT2D eigenvalue weighted by Gasteiger charge is -1.92. The van der Waals surface area contributed by atoms with Crippen molar-refractivity contribution in [2.45, 2.75) is 6.42 Å². The smallest absolute Gasteiger partial charge is 0.0816 e. The van der Waals surface area contributed by atoms with E-state index in [1.54, 1.807) is 13.1 Å². The van der Waals surface area contributed by atoms with Crippen molar-refractivity contribution >= 4 is 11.4 Å². The first kappa shape index (κ1) is 6.93. The standard InChI is InChI=1S/C8H10N2/c1-10-8-6-4-2-3-5-7(8)9/h3-6,9H,2H2,1H3. The van der Waals surface area contributed by atoms with E-state index in [9.17, 15) is 0 Å². The van der Waals surface area contributed by atoms with Crippen molar-refractivity contribution in [2.24, 2.45) is 4.99 Å². The van der Waals surface area contributed by atoms with E-state index in [1.165, 1.54) is 0 Å². The first-order chi connectivity index (χ1) is 4.84. The van der Waals surface area contributed by atoms with Gasteiger partial charge in [-0.3, -0.25) is 10.4 Å². The Kier molecular flexibility index (Phi) is 2.15. The maximum Gasteiger partial charge on any atom is 0.0816 e. The minimum absolute atomic E-state index is 0.497. The second-order valence-corrected chi connectivity index (χ2v) is 2.06. The van der Waals surface area contributed by atoms with Crippen LogP contribution in [0.3, 0.4) is 0 Å². The highest BCUT2D eigenvalue weighted by Crippen LogP contribution is 1.97. The molecule has 0 aromatic heterocycles. The van der Waals surface area contributed by atoms with Crippen molar-refractivity contribution in [1.82, 2.24) is 0 Å². The zero-order chi connectivity index (χ0) is 7.40. The average Bonchev–Trinajstić information content (AvgIpc) is 2.13. The van der Waals surface area contributed by atoms with Gasteiger partial charge >= 0.3 is 0 Å². The summed E-state index contributed by atoms with van der Waals surface area (Å²) in [6, 6.07) is 0. The van der Waals surface area contributed by atoms with Crippen LogP contribution in [-0.4, -0.2) is 18.5 Å². The Balaban J connectivity index is 2.91. The molecule has 0 saturated carbocycles. The minimum Gasteiger partial charge on any atom is -0.299 e. The summed E-state index contributed by atoms with van der Waals surface area (Å²) < 4.78 is 0. The maximum absolute atomic E-state index is 7.42. The average molecular weight is 134 g/mol. The van der Waals surface area contributed by atoms with Crippen molar-refractivity contribution in [3.05, 3.63) is 24.3 Å². The number of rotatable bonds is 0. The van der Waals surface area contributed by atoms with Gasteiger partial charge in [-0.05, 0) is 18.6 Å². The lowest BCUT2D eigenvalue weighted by atomic mass is 10.2. The van der Waals surface area contributed by atoms with E-state index in [2.05, 4.69) is 4.99 Å². The molecular weight excluding hydrogens is 124 g/mol. The SMILES string of the molecule is CN=C1C=CCC=CC1=N. The van der Waals surface area contributed by atoms with Gasteiger partial charge in [0.05, 0.1) is 11.4 Å². The first-order valence-electron chi connectivity index (χ1n) is 3.23. The molecule has 0 radical (unpaired) electrons. The van der Waals surface area contributed by atoms with Crippen LogP contribution in [0.5, 0.6) is 0 Å². The highest BCUT2D eigenvalue weighted by atomic mass is 14.7. The van der Waals surface area contributed by atoms with Crippen molar-refractivity contribution in [1.29, 1.82) is 5.41 Å². The van der Waals surface area contributed by atoms with E-state index in [0.29, 0.717) is 5.71 Å². The second kappa shape index (κ2) is 3.11. The topological polar surface area (TPSA) is 36.2 Å². The zero-order valence-electron chi connectivity index (χ0n) is 5.96. The molecule has 0 atom stereocenters. The number of nitrogens with zero attached hydrogens (tertiary/aromatic N) is 1. The van der Waals surface area contributed by atoms with Gasteiger partial charge in [-0.15, -0.1) is 0 Å². The fourth-order valence-electron chi connectivity index (χ4n) is 0.814. The zero-order valence-corrected chi connectivity index (χ0v) is 5.96. The summed E-state index contributed by atoms with van der Waals surface area (Å²) in [6.45, 7) is 0. The van der Waals surface area contributed by atoms with Crippen molar-refractivity contribution in [3.63, 3.8) is 0 Å². The van der Waals surface area contributed by atoms with Gasteiger partial charge in [0, 0.05) is 7.05 Å². The molecule has 0 aromatic carbocycles. The molecule has 0 bridgehead atoms. The molecule has 1 rings (SSSR count). The molecule has 1 aliphatic carbocycles. The fourth-order valence-corrected chi connectivity index (χ4v) is 0.814. The van der Waals surface area contributed by atoms with Crippen molar-refractivity contribution in [2.75, 3.05) is 7.05 Å². The molecule has 0 heterocycles. The molecule has 10 heavy (non-hydrogen) atoms. The third kappa shape index (κ3) is 1.41. The van der Waals surface area contributed by atoms with Crippen LogP contribution in [0.4, 0.5) is 0 Å². The van der Waals surface area contributed by atoms with Crippen LogP contribution in [0.1, 0.15) is 6.42 Å². The van der Waals surface area contributed by atoms with E-state index in [-0.39, 0.29) is 0 Å². The van der Waals surface area contributed by atoms with Crippen LogP contribution in [0.2, 0.25) is 0 Å². The normalized spacial score (nSPS) is 21.7. The van der Waals surface area contributed by atoms with E-state index in [1.807, 2.05) is 18.2 Å². The van der Waals surface area contributed by atoms with Gasteiger partial charge in [-0.25, -0.2) is 0 Å². The summed E-state index contributed by atoms with van der Waals surface area (Å²) in [4.78, 5) is 3.94. The quantitative estimate of drug-likeness (QED) is 0.522. The first-order valence-corrected chi connectivity index (χ1v) is 3.23. The molecule has 2 nitrogen and oxygen atoms in total. The molecule has 0 saturated heterocycles. The second-order valence-electron chi connectivity index (χ2n) is 2.06. The summed E-state index contributed by atoms with van der Waals surface area (Å²) in [5, 5.41) is 7.42. The molecule has 1 aliphatic rings. The molecule has 0 spiro atoms. The Labute approximate surface area is 60.5 Å². The minimum atomic E-state index is 0.497. The predicted molar refractivity (Wildman–Crippen MR) is 44.0 cm³/mol. The molecule has 0 aromatic rings. The summed E-state index contributed by atoms with van der Waals surface area (Å²) in [6.07, 6.45) is 8.52. The van der Waals surface area contributed by atoms with Crippen LogP contribution < -0.4 is 0 Å². The molecule has 0 amide bonds. The molecule has 0 fully saturated rings. The Bertz CT molecular complexity index is 221. The molecule has 0 unspecified atom stereocenters. The molecule has 52 valence electrons. The van der Waals surface area contributed by atoms with E-state index in [0.717, 1.165) is 12.1 Å². The highest BCUT2D eigenvalue weighted by Gasteiger charge is 1.99. The number of allylic oxidation sites excluding steroid dienone is 4. The molecular formula is C8H10N2. The van der Waals surface area contributed by atoms with E-state index >= 15 is 0 Å². The van der Waals surface area contributed by atoms with Crippen molar-refractivity contribution < 1.29 is 0 Å². The largest absolute Gasteiger partial charge is 0.299 e. The Morgan fingerprint density at radius 3 is 2.80 bits per heavy atom. The molecule has 0 aliphatic heterocycles. The van der Waals surface area contributed by atoms with Gasteiger partial charge in [0.1, 0.15) is 0 Å².